The Kier molecular flexibility index (Phi) is 4.30. The number of rotatable bonds is 6. The number of nitrogens with one attached hydrogen (secondary N) is 2. The number of hydrogen-bond acceptors (Lipinski definition) is 7. The fraction of sp³-hybridized carbons (Fsp3) is 0.421. The van der Waals surface area contributed by atoms with Crippen molar-refractivity contribution >= 4 is 38.4 Å². The lowest BCUT2D eigenvalue weighted by Crippen LogP contribution is -2.35. The maximum absolute atomic E-state index is 12.1. The summed E-state index contributed by atoms with van der Waals surface area (Å²) >= 11 is 0. The Hall–Kier alpha value is -2.88. The molecule has 9 nitrogen and oxygen atoms in total. The average molecular weight is 414 g/mol. The van der Waals surface area contributed by atoms with Gasteiger partial charge in [-0.05, 0) is 37.5 Å². The van der Waals surface area contributed by atoms with Crippen molar-refractivity contribution in [2.45, 2.75) is 30.6 Å². The van der Waals surface area contributed by atoms with E-state index in [9.17, 15) is 8.42 Å². The van der Waals surface area contributed by atoms with Crippen LogP contribution in [-0.2, 0) is 10.0 Å². The third-order valence-corrected chi connectivity index (χ3v) is 7.55. The number of aromatic amines is 1. The third-order valence-electron chi connectivity index (χ3n) is 5.68. The second-order valence-corrected chi connectivity index (χ2v) is 9.65. The summed E-state index contributed by atoms with van der Waals surface area (Å²) in [6.07, 6.45) is 7.53. The monoisotopic (exact) mass is 413 g/mol. The number of sulfonamides is 1. The predicted octanol–water partition coefficient (Wildman–Crippen LogP) is 1.97. The Morgan fingerprint density at radius 1 is 1.17 bits per heavy atom. The number of fused-ring (bicyclic) bond motifs is 1. The van der Waals surface area contributed by atoms with Crippen molar-refractivity contribution in [1.82, 2.24) is 19.9 Å². The standard InChI is InChI=1S/C19H23N7O2S/c1-25(17-5-2-13(10-21-17)24-29(27,28)15-3-4-15)14-7-9-26(11-14)19-16-6-8-20-18(16)22-12-23-19/h2,5-6,8,10,12,14-15,24H,3-4,7,9,11H2,1H3,(H,20,22,23)/t14-/m1/s1. The molecule has 0 unspecified atom stereocenters. The highest BCUT2D eigenvalue weighted by Crippen LogP contribution is 2.30. The summed E-state index contributed by atoms with van der Waals surface area (Å²) in [5, 5.41) is 0.781. The third kappa shape index (κ3) is 3.48. The van der Waals surface area contributed by atoms with Crippen LogP contribution in [0.5, 0.6) is 0 Å². The van der Waals surface area contributed by atoms with Crippen LogP contribution in [-0.4, -0.2) is 59.8 Å². The molecule has 0 bridgehead atoms. The molecule has 0 radical (unpaired) electrons. The first-order chi connectivity index (χ1) is 14.0. The van der Waals surface area contributed by atoms with Crippen LogP contribution in [0.3, 0.4) is 0 Å². The summed E-state index contributed by atoms with van der Waals surface area (Å²) in [5.74, 6) is 1.77. The van der Waals surface area contributed by atoms with Crippen LogP contribution in [0.1, 0.15) is 19.3 Å². The van der Waals surface area contributed by atoms with Crippen molar-refractivity contribution in [1.29, 1.82) is 0 Å². The molecule has 4 heterocycles. The van der Waals surface area contributed by atoms with Crippen molar-refractivity contribution in [3.8, 4) is 0 Å². The summed E-state index contributed by atoms with van der Waals surface area (Å²) in [7, 11) is -1.24. The quantitative estimate of drug-likeness (QED) is 0.636. The predicted molar refractivity (Wildman–Crippen MR) is 113 cm³/mol. The van der Waals surface area contributed by atoms with E-state index in [0.29, 0.717) is 11.7 Å². The van der Waals surface area contributed by atoms with Gasteiger partial charge in [0.2, 0.25) is 10.0 Å². The molecule has 1 saturated carbocycles. The second kappa shape index (κ2) is 6.87. The van der Waals surface area contributed by atoms with Crippen molar-refractivity contribution in [3.05, 3.63) is 36.9 Å². The smallest absolute Gasteiger partial charge is 0.235 e. The number of likely N-dealkylation sites (N-methyl/N-ethyl adjacent to an activating group) is 1. The maximum atomic E-state index is 12.1. The Balaban J connectivity index is 1.27. The van der Waals surface area contributed by atoms with Crippen molar-refractivity contribution in [3.63, 3.8) is 0 Å². The topological polar surface area (TPSA) is 107 Å². The molecule has 0 spiro atoms. The molecule has 0 amide bonds. The highest BCUT2D eigenvalue weighted by molar-refractivity contribution is 7.93. The molecular weight excluding hydrogens is 390 g/mol. The summed E-state index contributed by atoms with van der Waals surface area (Å²) in [5.41, 5.74) is 1.36. The van der Waals surface area contributed by atoms with Gasteiger partial charge in [-0.1, -0.05) is 0 Å². The zero-order chi connectivity index (χ0) is 20.0. The highest BCUT2D eigenvalue weighted by Gasteiger charge is 2.35. The molecule has 3 aromatic rings. The Morgan fingerprint density at radius 3 is 2.79 bits per heavy atom. The van der Waals surface area contributed by atoms with Crippen LogP contribution < -0.4 is 14.5 Å². The first-order valence-corrected chi connectivity index (χ1v) is 11.3. The van der Waals surface area contributed by atoms with E-state index in [-0.39, 0.29) is 5.25 Å². The van der Waals surface area contributed by atoms with Gasteiger partial charge in [-0.2, -0.15) is 0 Å². The van der Waals surface area contributed by atoms with Gasteiger partial charge in [0.1, 0.15) is 23.6 Å². The summed E-state index contributed by atoms with van der Waals surface area (Å²) in [6.45, 7) is 1.75. The normalized spacial score (nSPS) is 19.6. The van der Waals surface area contributed by atoms with Crippen molar-refractivity contribution < 1.29 is 8.42 Å². The van der Waals surface area contributed by atoms with Gasteiger partial charge in [0.05, 0.1) is 22.5 Å². The second-order valence-electron chi connectivity index (χ2n) is 7.69. The van der Waals surface area contributed by atoms with E-state index >= 15 is 0 Å². The first kappa shape index (κ1) is 18.2. The minimum absolute atomic E-state index is 0.248. The van der Waals surface area contributed by atoms with Crippen LogP contribution in [0.4, 0.5) is 17.3 Å². The van der Waals surface area contributed by atoms with Crippen LogP contribution in [0, 0.1) is 0 Å². The van der Waals surface area contributed by atoms with Gasteiger partial charge in [0, 0.05) is 32.4 Å². The number of aromatic nitrogens is 4. The van der Waals surface area contributed by atoms with Crippen molar-refractivity contribution in [2.24, 2.45) is 0 Å². The van der Waals surface area contributed by atoms with Gasteiger partial charge in [0.15, 0.2) is 0 Å². The summed E-state index contributed by atoms with van der Waals surface area (Å²) in [6, 6.07) is 5.94. The Labute approximate surface area is 169 Å². The molecule has 0 aromatic carbocycles. The fourth-order valence-corrected chi connectivity index (χ4v) is 5.20. The van der Waals surface area contributed by atoms with Gasteiger partial charge in [0.25, 0.3) is 0 Å². The highest BCUT2D eigenvalue weighted by atomic mass is 32.2. The molecule has 2 aliphatic rings. The number of pyridine rings is 1. The average Bonchev–Trinajstić information content (AvgIpc) is 3.29. The molecule has 2 fully saturated rings. The van der Waals surface area contributed by atoms with E-state index in [2.05, 4.69) is 34.5 Å². The molecule has 1 saturated heterocycles. The molecule has 3 aromatic heterocycles. The van der Waals surface area contributed by atoms with Gasteiger partial charge < -0.3 is 14.8 Å². The van der Waals surface area contributed by atoms with Crippen LogP contribution >= 0.6 is 0 Å². The van der Waals surface area contributed by atoms with E-state index < -0.39 is 10.0 Å². The van der Waals surface area contributed by atoms with Gasteiger partial charge in [-0.25, -0.2) is 23.4 Å². The van der Waals surface area contributed by atoms with E-state index in [4.69, 9.17) is 0 Å². The molecule has 29 heavy (non-hydrogen) atoms. The van der Waals surface area contributed by atoms with Gasteiger partial charge in [-0.3, -0.25) is 4.72 Å². The van der Waals surface area contributed by atoms with Crippen molar-refractivity contribution in [2.75, 3.05) is 34.7 Å². The van der Waals surface area contributed by atoms with Gasteiger partial charge >= 0.3 is 0 Å². The first-order valence-electron chi connectivity index (χ1n) is 9.75. The SMILES string of the molecule is CN(c1ccc(NS(=O)(=O)C2CC2)cn1)[C@@H]1CCN(c2ncnc3[nH]ccc23)C1. The molecule has 1 aliphatic carbocycles. The molecule has 5 rings (SSSR count). The minimum Gasteiger partial charge on any atom is -0.355 e. The molecule has 2 N–H and O–H groups in total. The number of hydrogen-bond donors (Lipinski definition) is 2. The summed E-state index contributed by atoms with van der Waals surface area (Å²) < 4.78 is 26.8. The zero-order valence-electron chi connectivity index (χ0n) is 16.1. The Morgan fingerprint density at radius 2 is 2.03 bits per heavy atom. The largest absolute Gasteiger partial charge is 0.355 e. The minimum atomic E-state index is -3.26. The van der Waals surface area contributed by atoms with Crippen LogP contribution in [0.2, 0.25) is 0 Å². The number of anilines is 3. The molecule has 152 valence electrons. The lowest BCUT2D eigenvalue weighted by Gasteiger charge is -2.26. The molecular formula is C19H23N7O2S. The number of nitrogens with zero attached hydrogens (tertiary/aromatic N) is 5. The fourth-order valence-electron chi connectivity index (χ4n) is 3.83. The lowest BCUT2D eigenvalue weighted by molar-refractivity contribution is 0.600. The van der Waals surface area contributed by atoms with E-state index in [1.165, 1.54) is 0 Å². The van der Waals surface area contributed by atoms with Gasteiger partial charge in [-0.15, -0.1) is 0 Å². The van der Waals surface area contributed by atoms with E-state index in [1.54, 1.807) is 18.6 Å². The van der Waals surface area contributed by atoms with E-state index in [0.717, 1.165) is 55.0 Å². The zero-order valence-corrected chi connectivity index (χ0v) is 16.9. The van der Waals surface area contributed by atoms with Crippen LogP contribution in [0.25, 0.3) is 11.0 Å². The van der Waals surface area contributed by atoms with Crippen LogP contribution in [0.15, 0.2) is 36.9 Å². The van der Waals surface area contributed by atoms with E-state index in [1.807, 2.05) is 25.4 Å². The molecule has 1 atom stereocenters. The molecule has 10 heteroatoms. The lowest BCUT2D eigenvalue weighted by atomic mass is 10.2. The molecule has 1 aliphatic heterocycles. The maximum Gasteiger partial charge on any atom is 0.235 e. The number of H-pyrrole nitrogens is 1. The summed E-state index contributed by atoms with van der Waals surface area (Å²) in [4.78, 5) is 20.8. The Bertz CT molecular complexity index is 1120.